The predicted molar refractivity (Wildman–Crippen MR) is 41.6 cm³/mol. The summed E-state index contributed by atoms with van der Waals surface area (Å²) in [7, 11) is 0. The van der Waals surface area contributed by atoms with Gasteiger partial charge in [-0.1, -0.05) is 19.1 Å². The first kappa shape index (κ1) is 7.52. The van der Waals surface area contributed by atoms with Crippen molar-refractivity contribution >= 4 is 0 Å². The third kappa shape index (κ3) is 1.13. The molecule has 0 aromatic rings. The SMILES string of the molecule is CC1=C(C)C(F)C(C)C=C1. The minimum atomic E-state index is -0.759. The molecule has 0 aromatic carbocycles. The lowest BCUT2D eigenvalue weighted by atomic mass is 9.91. The van der Waals surface area contributed by atoms with Crippen molar-refractivity contribution in [3.63, 3.8) is 0 Å². The van der Waals surface area contributed by atoms with E-state index in [1.807, 2.05) is 32.9 Å². The van der Waals surface area contributed by atoms with E-state index in [0.29, 0.717) is 0 Å². The highest BCUT2D eigenvalue weighted by Gasteiger charge is 2.19. The maximum Gasteiger partial charge on any atom is 0.127 e. The summed E-state index contributed by atoms with van der Waals surface area (Å²) in [5.41, 5.74) is 1.96. The van der Waals surface area contributed by atoms with Crippen molar-refractivity contribution < 1.29 is 4.39 Å². The van der Waals surface area contributed by atoms with Gasteiger partial charge in [0.2, 0.25) is 0 Å². The van der Waals surface area contributed by atoms with Gasteiger partial charge in [-0.15, -0.1) is 0 Å². The van der Waals surface area contributed by atoms with Crippen LogP contribution in [-0.2, 0) is 0 Å². The predicted octanol–water partition coefficient (Wildman–Crippen LogP) is 2.87. The summed E-state index contributed by atoms with van der Waals surface area (Å²) in [4.78, 5) is 0. The second kappa shape index (κ2) is 2.57. The molecule has 1 aliphatic rings. The average Bonchev–Trinajstić information content (AvgIpc) is 1.93. The van der Waals surface area contributed by atoms with E-state index in [1.165, 1.54) is 0 Å². The fraction of sp³-hybridized carbons (Fsp3) is 0.556. The van der Waals surface area contributed by atoms with Gasteiger partial charge < -0.3 is 0 Å². The fourth-order valence-electron chi connectivity index (χ4n) is 1.14. The van der Waals surface area contributed by atoms with Crippen LogP contribution in [0.4, 0.5) is 4.39 Å². The van der Waals surface area contributed by atoms with Gasteiger partial charge in [-0.05, 0) is 25.0 Å². The molecule has 0 aromatic heterocycles. The third-order valence-corrected chi connectivity index (χ3v) is 2.15. The van der Waals surface area contributed by atoms with Gasteiger partial charge in [-0.3, -0.25) is 0 Å². The van der Waals surface area contributed by atoms with E-state index >= 15 is 0 Å². The van der Waals surface area contributed by atoms with Crippen molar-refractivity contribution in [2.75, 3.05) is 0 Å². The van der Waals surface area contributed by atoms with Crippen molar-refractivity contribution in [3.05, 3.63) is 23.3 Å². The molecule has 0 fully saturated rings. The third-order valence-electron chi connectivity index (χ3n) is 2.15. The molecule has 2 atom stereocenters. The highest BCUT2D eigenvalue weighted by molar-refractivity contribution is 5.30. The van der Waals surface area contributed by atoms with Crippen LogP contribution in [0.5, 0.6) is 0 Å². The van der Waals surface area contributed by atoms with Gasteiger partial charge in [0.05, 0.1) is 0 Å². The van der Waals surface area contributed by atoms with Crippen LogP contribution in [0.25, 0.3) is 0 Å². The lowest BCUT2D eigenvalue weighted by molar-refractivity contribution is 0.315. The molecule has 0 nitrogen and oxygen atoms in total. The molecule has 10 heavy (non-hydrogen) atoms. The van der Waals surface area contributed by atoms with Gasteiger partial charge in [-0.25, -0.2) is 4.39 Å². The van der Waals surface area contributed by atoms with Crippen molar-refractivity contribution in [1.82, 2.24) is 0 Å². The molecule has 0 saturated heterocycles. The number of rotatable bonds is 0. The van der Waals surface area contributed by atoms with Crippen LogP contribution in [0, 0.1) is 5.92 Å². The van der Waals surface area contributed by atoms with Crippen molar-refractivity contribution in [2.24, 2.45) is 5.92 Å². The van der Waals surface area contributed by atoms with Crippen LogP contribution in [0.2, 0.25) is 0 Å². The first-order valence-electron chi connectivity index (χ1n) is 3.62. The molecule has 0 N–H and O–H groups in total. The Balaban J connectivity index is 2.88. The fourth-order valence-corrected chi connectivity index (χ4v) is 1.14. The molecular weight excluding hydrogens is 127 g/mol. The highest BCUT2D eigenvalue weighted by Crippen LogP contribution is 2.25. The quantitative estimate of drug-likeness (QED) is 0.485. The molecule has 0 radical (unpaired) electrons. The van der Waals surface area contributed by atoms with Gasteiger partial charge in [0, 0.05) is 5.92 Å². The van der Waals surface area contributed by atoms with Crippen molar-refractivity contribution in [3.8, 4) is 0 Å². The van der Waals surface area contributed by atoms with Crippen LogP contribution in [0.1, 0.15) is 20.8 Å². The molecule has 0 spiro atoms. The largest absolute Gasteiger partial charge is 0.242 e. The summed E-state index contributed by atoms with van der Waals surface area (Å²) in [5, 5.41) is 0. The number of hydrogen-bond donors (Lipinski definition) is 0. The van der Waals surface area contributed by atoms with E-state index in [9.17, 15) is 4.39 Å². The van der Waals surface area contributed by atoms with Crippen LogP contribution in [0.3, 0.4) is 0 Å². The summed E-state index contributed by atoms with van der Waals surface area (Å²) in [6, 6.07) is 0. The molecule has 0 saturated carbocycles. The molecule has 1 aliphatic carbocycles. The van der Waals surface area contributed by atoms with E-state index in [2.05, 4.69) is 0 Å². The van der Waals surface area contributed by atoms with Crippen molar-refractivity contribution in [2.45, 2.75) is 26.9 Å². The Hall–Kier alpha value is -0.590. The zero-order valence-electron chi connectivity index (χ0n) is 6.69. The lowest BCUT2D eigenvalue weighted by Gasteiger charge is -2.19. The Morgan fingerprint density at radius 3 is 2.50 bits per heavy atom. The van der Waals surface area contributed by atoms with Crippen LogP contribution >= 0.6 is 0 Å². The first-order chi connectivity index (χ1) is 4.63. The Morgan fingerprint density at radius 1 is 1.40 bits per heavy atom. The number of halogens is 1. The van der Waals surface area contributed by atoms with E-state index in [1.54, 1.807) is 0 Å². The molecular formula is C9H13F. The van der Waals surface area contributed by atoms with Crippen LogP contribution in [0.15, 0.2) is 23.3 Å². The maximum atomic E-state index is 13.1. The normalized spacial score (nSPS) is 33.2. The summed E-state index contributed by atoms with van der Waals surface area (Å²) in [5.74, 6) is 0.0590. The number of alkyl halides is 1. The Labute approximate surface area is 61.4 Å². The summed E-state index contributed by atoms with van der Waals surface area (Å²) < 4.78 is 13.1. The highest BCUT2D eigenvalue weighted by atomic mass is 19.1. The molecule has 1 rings (SSSR count). The van der Waals surface area contributed by atoms with Gasteiger partial charge in [0.25, 0.3) is 0 Å². The molecule has 56 valence electrons. The summed E-state index contributed by atoms with van der Waals surface area (Å²) >= 11 is 0. The summed E-state index contributed by atoms with van der Waals surface area (Å²) in [6.07, 6.45) is 3.16. The van der Waals surface area contributed by atoms with Gasteiger partial charge in [0.15, 0.2) is 0 Å². The first-order valence-corrected chi connectivity index (χ1v) is 3.62. The average molecular weight is 140 g/mol. The second-order valence-corrected chi connectivity index (χ2v) is 2.99. The topological polar surface area (TPSA) is 0 Å². The molecule has 2 unspecified atom stereocenters. The maximum absolute atomic E-state index is 13.1. The Morgan fingerprint density at radius 2 is 2.00 bits per heavy atom. The van der Waals surface area contributed by atoms with E-state index in [0.717, 1.165) is 11.1 Å². The van der Waals surface area contributed by atoms with Gasteiger partial charge in [0.1, 0.15) is 6.17 Å². The number of hydrogen-bond acceptors (Lipinski definition) is 0. The van der Waals surface area contributed by atoms with Gasteiger partial charge in [-0.2, -0.15) is 0 Å². The van der Waals surface area contributed by atoms with E-state index in [4.69, 9.17) is 0 Å². The van der Waals surface area contributed by atoms with E-state index in [-0.39, 0.29) is 5.92 Å². The smallest absolute Gasteiger partial charge is 0.127 e. The standard InChI is InChI=1S/C9H13F/c1-6-4-5-7(2)9(10)8(6)3/h4-5,7,9H,1-3H3. The van der Waals surface area contributed by atoms with Crippen LogP contribution < -0.4 is 0 Å². The summed E-state index contributed by atoms with van der Waals surface area (Å²) in [6.45, 7) is 5.71. The Bertz CT molecular complexity index is 189. The second-order valence-electron chi connectivity index (χ2n) is 2.99. The molecule has 0 heterocycles. The minimum absolute atomic E-state index is 0.0590. The molecule has 0 amide bonds. The zero-order valence-corrected chi connectivity index (χ0v) is 6.69. The van der Waals surface area contributed by atoms with Crippen molar-refractivity contribution in [1.29, 1.82) is 0 Å². The minimum Gasteiger partial charge on any atom is -0.242 e. The lowest BCUT2D eigenvalue weighted by Crippen LogP contribution is -2.15. The Kier molecular flexibility index (Phi) is 1.93. The van der Waals surface area contributed by atoms with Gasteiger partial charge >= 0.3 is 0 Å². The van der Waals surface area contributed by atoms with Crippen LogP contribution in [-0.4, -0.2) is 6.17 Å². The zero-order chi connectivity index (χ0) is 7.72. The number of allylic oxidation sites excluding steroid dienone is 4. The molecule has 1 heteroatoms. The molecule has 0 bridgehead atoms. The monoisotopic (exact) mass is 140 g/mol. The molecule has 0 aliphatic heterocycles. The van der Waals surface area contributed by atoms with E-state index < -0.39 is 6.17 Å².